The molecule has 0 fully saturated rings. The van der Waals surface area contributed by atoms with Gasteiger partial charge in [-0.2, -0.15) is 0 Å². The molecular weight excluding hydrogens is 460 g/mol. The van der Waals surface area contributed by atoms with Gasteiger partial charge in [0.05, 0.1) is 29.5 Å². The zero-order chi connectivity index (χ0) is 22.6. The van der Waals surface area contributed by atoms with Crippen LogP contribution in [0.15, 0.2) is 58.4 Å². The fourth-order valence-corrected chi connectivity index (χ4v) is 4.94. The Balaban J connectivity index is 1.77. The first-order valence-electron chi connectivity index (χ1n) is 9.24. The number of pyridine rings is 1. The third-order valence-corrected chi connectivity index (χ3v) is 6.52. The monoisotopic (exact) mass is 471 g/mol. The standard InChI is InChI=1S/C22H12ClF2N3O3S/c1-31-18-5-11(13(23)6-15(18)25)19-7-16-20(32-19)21(29)28(22(30)27-16)17-9-26-8-12-10(17)3-2-4-14(12)24/h2-9H,1H3,(H,27,30). The van der Waals surface area contributed by atoms with Crippen LogP contribution in [-0.2, 0) is 0 Å². The fourth-order valence-electron chi connectivity index (χ4n) is 3.56. The lowest BCUT2D eigenvalue weighted by Gasteiger charge is -2.08. The molecule has 32 heavy (non-hydrogen) atoms. The number of aromatic amines is 1. The highest BCUT2D eigenvalue weighted by Crippen LogP contribution is 2.38. The van der Waals surface area contributed by atoms with Crippen LogP contribution in [0, 0.1) is 11.6 Å². The van der Waals surface area contributed by atoms with Crippen LogP contribution in [0.2, 0.25) is 5.02 Å². The quantitative estimate of drug-likeness (QED) is 0.406. The molecule has 2 aromatic carbocycles. The Hall–Kier alpha value is -3.56. The van der Waals surface area contributed by atoms with Crippen molar-refractivity contribution in [1.82, 2.24) is 14.5 Å². The zero-order valence-electron chi connectivity index (χ0n) is 16.3. The minimum absolute atomic E-state index is 0.00313. The van der Waals surface area contributed by atoms with Crippen molar-refractivity contribution in [2.75, 3.05) is 7.11 Å². The second kappa shape index (κ2) is 7.54. The number of rotatable bonds is 3. The van der Waals surface area contributed by atoms with Gasteiger partial charge < -0.3 is 9.72 Å². The summed E-state index contributed by atoms with van der Waals surface area (Å²) in [6, 6.07) is 8.51. The van der Waals surface area contributed by atoms with E-state index in [9.17, 15) is 18.4 Å². The van der Waals surface area contributed by atoms with Gasteiger partial charge in [-0.3, -0.25) is 9.78 Å². The summed E-state index contributed by atoms with van der Waals surface area (Å²) < 4.78 is 34.3. The first kappa shape index (κ1) is 20.3. The number of hydrogen-bond donors (Lipinski definition) is 1. The number of ether oxygens (including phenoxy) is 1. The van der Waals surface area contributed by atoms with Gasteiger partial charge in [0.1, 0.15) is 10.5 Å². The molecular formula is C22H12ClF2N3O3S. The number of hydrogen-bond acceptors (Lipinski definition) is 5. The van der Waals surface area contributed by atoms with Crippen molar-refractivity contribution in [3.05, 3.63) is 86.3 Å². The van der Waals surface area contributed by atoms with Crippen LogP contribution in [0.25, 0.3) is 37.1 Å². The van der Waals surface area contributed by atoms with Gasteiger partial charge in [-0.15, -0.1) is 11.3 Å². The molecule has 0 aliphatic heterocycles. The summed E-state index contributed by atoms with van der Waals surface area (Å²) in [7, 11) is 1.33. The summed E-state index contributed by atoms with van der Waals surface area (Å²) in [5.74, 6) is -1.13. The molecule has 3 aromatic heterocycles. The van der Waals surface area contributed by atoms with Crippen molar-refractivity contribution in [2.24, 2.45) is 0 Å². The molecule has 0 unspecified atom stereocenters. The van der Waals surface area contributed by atoms with Gasteiger partial charge in [0, 0.05) is 27.4 Å². The van der Waals surface area contributed by atoms with Crippen LogP contribution in [0.1, 0.15) is 0 Å². The lowest BCUT2D eigenvalue weighted by Crippen LogP contribution is -2.33. The van der Waals surface area contributed by atoms with Gasteiger partial charge in [-0.05, 0) is 24.3 Å². The van der Waals surface area contributed by atoms with E-state index in [0.29, 0.717) is 21.3 Å². The van der Waals surface area contributed by atoms with E-state index in [0.717, 1.165) is 22.0 Å². The average molecular weight is 472 g/mol. The Morgan fingerprint density at radius 3 is 2.69 bits per heavy atom. The van der Waals surface area contributed by atoms with E-state index < -0.39 is 22.9 Å². The minimum atomic E-state index is -0.701. The maximum absolute atomic E-state index is 14.2. The van der Waals surface area contributed by atoms with E-state index in [-0.39, 0.29) is 26.5 Å². The number of fused-ring (bicyclic) bond motifs is 2. The van der Waals surface area contributed by atoms with E-state index >= 15 is 0 Å². The normalized spacial score (nSPS) is 11.4. The van der Waals surface area contributed by atoms with Crippen molar-refractivity contribution in [2.45, 2.75) is 0 Å². The first-order chi connectivity index (χ1) is 15.4. The largest absolute Gasteiger partial charge is 0.494 e. The van der Waals surface area contributed by atoms with E-state index in [2.05, 4.69) is 9.97 Å². The summed E-state index contributed by atoms with van der Waals surface area (Å²) in [4.78, 5) is 33.3. The van der Waals surface area contributed by atoms with Gasteiger partial charge in [0.15, 0.2) is 11.6 Å². The van der Waals surface area contributed by atoms with Gasteiger partial charge in [-0.25, -0.2) is 18.1 Å². The molecule has 5 aromatic rings. The Morgan fingerprint density at radius 2 is 1.91 bits per heavy atom. The predicted octanol–water partition coefficient (Wildman–Crippen LogP) is 4.90. The van der Waals surface area contributed by atoms with Crippen LogP contribution in [0.3, 0.4) is 0 Å². The van der Waals surface area contributed by atoms with Crippen LogP contribution in [0.5, 0.6) is 5.75 Å². The summed E-state index contributed by atoms with van der Waals surface area (Å²) >= 11 is 7.29. The molecule has 0 radical (unpaired) electrons. The molecule has 3 heterocycles. The van der Waals surface area contributed by atoms with Crippen LogP contribution < -0.4 is 16.0 Å². The number of nitrogens with one attached hydrogen (secondary N) is 1. The molecule has 5 rings (SSSR count). The molecule has 0 aliphatic rings. The van der Waals surface area contributed by atoms with Crippen molar-refractivity contribution in [3.63, 3.8) is 0 Å². The predicted molar refractivity (Wildman–Crippen MR) is 120 cm³/mol. The van der Waals surface area contributed by atoms with Crippen LogP contribution >= 0.6 is 22.9 Å². The molecule has 6 nitrogen and oxygen atoms in total. The zero-order valence-corrected chi connectivity index (χ0v) is 17.9. The molecule has 0 atom stereocenters. The van der Waals surface area contributed by atoms with E-state index in [1.807, 2.05) is 0 Å². The number of benzene rings is 2. The third kappa shape index (κ3) is 3.09. The van der Waals surface area contributed by atoms with Gasteiger partial charge >= 0.3 is 5.69 Å². The molecule has 0 aliphatic carbocycles. The Bertz CT molecular complexity index is 1660. The Morgan fingerprint density at radius 1 is 1.09 bits per heavy atom. The average Bonchev–Trinajstić information content (AvgIpc) is 3.18. The molecule has 1 N–H and O–H groups in total. The smallest absolute Gasteiger partial charge is 0.333 e. The summed E-state index contributed by atoms with van der Waals surface area (Å²) in [5.41, 5.74) is -0.384. The molecule has 0 spiro atoms. The van der Waals surface area contributed by atoms with Gasteiger partial charge in [0.25, 0.3) is 5.56 Å². The lowest BCUT2D eigenvalue weighted by atomic mass is 10.1. The number of H-pyrrole nitrogens is 1. The maximum Gasteiger partial charge on any atom is 0.333 e. The summed E-state index contributed by atoms with van der Waals surface area (Å²) in [5, 5.41) is 0.690. The van der Waals surface area contributed by atoms with Crippen molar-refractivity contribution in [3.8, 4) is 21.9 Å². The lowest BCUT2D eigenvalue weighted by molar-refractivity contribution is 0.387. The highest BCUT2D eigenvalue weighted by atomic mass is 35.5. The second-order valence-electron chi connectivity index (χ2n) is 6.88. The van der Waals surface area contributed by atoms with Crippen molar-refractivity contribution < 1.29 is 13.5 Å². The molecule has 160 valence electrons. The van der Waals surface area contributed by atoms with Gasteiger partial charge in [0.2, 0.25) is 0 Å². The molecule has 0 saturated carbocycles. The van der Waals surface area contributed by atoms with Crippen LogP contribution in [0.4, 0.5) is 8.78 Å². The minimum Gasteiger partial charge on any atom is -0.494 e. The third-order valence-electron chi connectivity index (χ3n) is 5.05. The van der Waals surface area contributed by atoms with Crippen molar-refractivity contribution in [1.29, 1.82) is 0 Å². The first-order valence-corrected chi connectivity index (χ1v) is 10.4. The number of methoxy groups -OCH3 is 1. The topological polar surface area (TPSA) is 77.0 Å². The molecule has 0 bridgehead atoms. The molecule has 10 heteroatoms. The Kier molecular flexibility index (Phi) is 4.79. The Labute approximate surface area is 187 Å². The van der Waals surface area contributed by atoms with E-state index in [1.165, 1.54) is 37.7 Å². The number of nitrogens with zero attached hydrogens (tertiary/aromatic N) is 2. The number of halogens is 3. The van der Waals surface area contributed by atoms with Crippen LogP contribution in [-0.4, -0.2) is 21.6 Å². The summed E-state index contributed by atoms with van der Waals surface area (Å²) in [6.07, 6.45) is 2.67. The molecule has 0 saturated heterocycles. The second-order valence-corrected chi connectivity index (χ2v) is 8.34. The van der Waals surface area contributed by atoms with E-state index in [4.69, 9.17) is 16.3 Å². The number of aromatic nitrogens is 3. The van der Waals surface area contributed by atoms with Gasteiger partial charge in [-0.1, -0.05) is 23.7 Å². The highest BCUT2D eigenvalue weighted by Gasteiger charge is 2.18. The van der Waals surface area contributed by atoms with E-state index in [1.54, 1.807) is 12.1 Å². The maximum atomic E-state index is 14.2. The highest BCUT2D eigenvalue weighted by molar-refractivity contribution is 7.22. The number of thiophene rings is 1. The van der Waals surface area contributed by atoms with Crippen molar-refractivity contribution >= 4 is 43.9 Å². The fraction of sp³-hybridized carbons (Fsp3) is 0.0455. The summed E-state index contributed by atoms with van der Waals surface area (Å²) in [6.45, 7) is 0. The SMILES string of the molecule is COc1cc(-c2cc3[nH]c(=O)n(-c4cncc5c(F)cccc45)c(=O)c3s2)c(Cl)cc1F. The molecule has 0 amide bonds.